The van der Waals surface area contributed by atoms with Gasteiger partial charge in [0.2, 0.25) is 11.7 Å². The lowest BCUT2D eigenvalue weighted by Gasteiger charge is -2.14. The predicted octanol–water partition coefficient (Wildman–Crippen LogP) is 2.23. The van der Waals surface area contributed by atoms with E-state index in [0.717, 1.165) is 0 Å². The molecule has 1 saturated heterocycles. The van der Waals surface area contributed by atoms with Crippen molar-refractivity contribution in [3.63, 3.8) is 0 Å². The summed E-state index contributed by atoms with van der Waals surface area (Å²) in [5.74, 6) is 0.153. The second kappa shape index (κ2) is 5.07. The van der Waals surface area contributed by atoms with Crippen molar-refractivity contribution in [2.75, 3.05) is 17.3 Å². The fourth-order valence-corrected chi connectivity index (χ4v) is 2.21. The third-order valence-electron chi connectivity index (χ3n) is 2.69. The number of rotatable bonds is 3. The van der Waals surface area contributed by atoms with Gasteiger partial charge in [0, 0.05) is 31.1 Å². The molecule has 1 aliphatic rings. The number of nitro groups is 1. The Kier molecular flexibility index (Phi) is 3.68. The average molecular weight is 290 g/mol. The fraction of sp³-hybridized carbons (Fsp3) is 0.400. The quantitative estimate of drug-likeness (QED) is 0.486. The number of anilines is 1. The van der Waals surface area contributed by atoms with E-state index in [1.165, 1.54) is 17.2 Å². The Balaban J connectivity index is 2.39. The lowest BCUT2D eigenvalue weighted by atomic mass is 10.1. The lowest BCUT2D eigenvalue weighted by molar-refractivity contribution is -0.384. The van der Waals surface area contributed by atoms with E-state index in [1.807, 2.05) is 0 Å². The lowest BCUT2D eigenvalue weighted by Crippen LogP contribution is -2.26. The molecule has 1 aromatic rings. The summed E-state index contributed by atoms with van der Waals surface area (Å²) in [6, 6.07) is 1.19. The molecule has 1 fully saturated rings. The molecule has 96 valence electrons. The monoisotopic (exact) mass is 289 g/mol. The zero-order chi connectivity index (χ0) is 13.3. The number of carbonyl (C=O) groups is 1. The molecular weight excluding hydrogens is 281 g/mol. The van der Waals surface area contributed by atoms with E-state index in [2.05, 4.69) is 4.98 Å². The molecule has 0 bridgehead atoms. The smallest absolute Gasteiger partial charge is 0.291 e. The maximum Gasteiger partial charge on any atom is 0.313 e. The summed E-state index contributed by atoms with van der Waals surface area (Å²) in [7, 11) is 0. The van der Waals surface area contributed by atoms with Gasteiger partial charge in [-0.25, -0.2) is 4.98 Å². The Bertz CT molecular complexity index is 509. The van der Waals surface area contributed by atoms with Crippen LogP contribution in [-0.4, -0.2) is 28.2 Å². The maximum atomic E-state index is 11.8. The molecule has 2 rings (SSSR count). The first-order valence-corrected chi connectivity index (χ1v) is 6.10. The van der Waals surface area contributed by atoms with Crippen molar-refractivity contribution in [1.29, 1.82) is 0 Å². The fourth-order valence-electron chi connectivity index (χ4n) is 1.85. The number of alkyl halides is 1. The number of nitrogens with zero attached hydrogens (tertiary/aromatic N) is 3. The van der Waals surface area contributed by atoms with Crippen molar-refractivity contribution in [3.8, 4) is 0 Å². The largest absolute Gasteiger partial charge is 0.313 e. The molecule has 18 heavy (non-hydrogen) atoms. The standard InChI is InChI=1S/C10H9Cl2N3O3/c11-3-6-1-9(16)14(5-6)10-8(15(17)18)2-7(12)4-13-10/h2,4,6H,1,3,5H2. The van der Waals surface area contributed by atoms with Gasteiger partial charge in [-0.15, -0.1) is 11.6 Å². The minimum absolute atomic E-state index is 0.00347. The van der Waals surface area contributed by atoms with Crippen LogP contribution >= 0.6 is 23.2 Å². The van der Waals surface area contributed by atoms with E-state index in [0.29, 0.717) is 12.4 Å². The van der Waals surface area contributed by atoms with Crippen LogP contribution in [0.4, 0.5) is 11.5 Å². The summed E-state index contributed by atoms with van der Waals surface area (Å²) in [5, 5.41) is 11.1. The molecular formula is C10H9Cl2N3O3. The van der Waals surface area contributed by atoms with E-state index < -0.39 is 4.92 Å². The maximum absolute atomic E-state index is 11.8. The molecule has 6 nitrogen and oxygen atoms in total. The SMILES string of the molecule is O=C1CC(CCl)CN1c1ncc(Cl)cc1[N+](=O)[O-]. The number of aromatic nitrogens is 1. The van der Waals surface area contributed by atoms with E-state index in [4.69, 9.17) is 23.2 Å². The van der Waals surface area contributed by atoms with Crippen LogP contribution in [0.1, 0.15) is 6.42 Å². The second-order valence-corrected chi connectivity index (χ2v) is 4.73. The highest BCUT2D eigenvalue weighted by atomic mass is 35.5. The first-order valence-electron chi connectivity index (χ1n) is 5.19. The third-order valence-corrected chi connectivity index (χ3v) is 3.33. The summed E-state index contributed by atoms with van der Waals surface area (Å²) in [4.78, 5) is 27.3. The van der Waals surface area contributed by atoms with E-state index in [1.54, 1.807) is 0 Å². The molecule has 1 atom stereocenters. The van der Waals surface area contributed by atoms with E-state index in [9.17, 15) is 14.9 Å². The minimum atomic E-state index is -0.602. The number of carbonyl (C=O) groups excluding carboxylic acids is 1. The van der Waals surface area contributed by atoms with Gasteiger partial charge in [0.05, 0.1) is 9.95 Å². The molecule has 8 heteroatoms. The van der Waals surface area contributed by atoms with Crippen LogP contribution < -0.4 is 4.90 Å². The Hall–Kier alpha value is -1.40. The summed E-state index contributed by atoms with van der Waals surface area (Å²) >= 11 is 11.4. The summed E-state index contributed by atoms with van der Waals surface area (Å²) in [6.45, 7) is 0.345. The van der Waals surface area contributed by atoms with Crippen molar-refractivity contribution in [1.82, 2.24) is 4.98 Å². The molecule has 1 amide bonds. The number of amides is 1. The van der Waals surface area contributed by atoms with Gasteiger partial charge in [-0.2, -0.15) is 0 Å². The molecule has 1 aliphatic heterocycles. The summed E-state index contributed by atoms with van der Waals surface area (Å²) < 4.78 is 0. The molecule has 0 saturated carbocycles. The molecule has 1 aromatic heterocycles. The van der Waals surface area contributed by atoms with Crippen LogP contribution in [0.25, 0.3) is 0 Å². The number of pyridine rings is 1. The van der Waals surface area contributed by atoms with Gasteiger partial charge < -0.3 is 0 Å². The number of halogens is 2. The zero-order valence-corrected chi connectivity index (χ0v) is 10.7. The van der Waals surface area contributed by atoms with Crippen LogP contribution in [-0.2, 0) is 4.79 Å². The van der Waals surface area contributed by atoms with Crippen molar-refractivity contribution >= 4 is 40.6 Å². The molecule has 2 heterocycles. The van der Waals surface area contributed by atoms with Crippen molar-refractivity contribution < 1.29 is 9.72 Å². The normalized spacial score (nSPS) is 19.3. The Labute approximate surface area is 113 Å². The van der Waals surface area contributed by atoms with Gasteiger partial charge in [-0.1, -0.05) is 11.6 Å². The molecule has 0 aliphatic carbocycles. The van der Waals surface area contributed by atoms with Crippen LogP contribution in [0.3, 0.4) is 0 Å². The molecule has 0 aromatic carbocycles. The summed E-state index contributed by atoms with van der Waals surface area (Å²) in [5.41, 5.74) is -0.272. The Morgan fingerprint density at radius 1 is 1.61 bits per heavy atom. The Morgan fingerprint density at radius 2 is 2.33 bits per heavy atom. The van der Waals surface area contributed by atoms with E-state index in [-0.39, 0.29) is 34.8 Å². The number of hydrogen-bond acceptors (Lipinski definition) is 4. The van der Waals surface area contributed by atoms with Gasteiger partial charge in [0.15, 0.2) is 0 Å². The Morgan fingerprint density at radius 3 is 2.89 bits per heavy atom. The summed E-state index contributed by atoms with van der Waals surface area (Å²) in [6.07, 6.45) is 1.57. The van der Waals surface area contributed by atoms with Gasteiger partial charge in [0.25, 0.3) is 0 Å². The molecule has 0 spiro atoms. The molecule has 0 N–H and O–H groups in total. The van der Waals surface area contributed by atoms with Crippen LogP contribution in [0.15, 0.2) is 12.3 Å². The van der Waals surface area contributed by atoms with Crippen molar-refractivity contribution in [3.05, 3.63) is 27.4 Å². The molecule has 0 radical (unpaired) electrons. The van der Waals surface area contributed by atoms with Crippen LogP contribution in [0, 0.1) is 16.0 Å². The highest BCUT2D eigenvalue weighted by Gasteiger charge is 2.34. The first-order chi connectivity index (χ1) is 8.52. The third kappa shape index (κ3) is 2.39. The van der Waals surface area contributed by atoms with Crippen molar-refractivity contribution in [2.24, 2.45) is 5.92 Å². The highest BCUT2D eigenvalue weighted by molar-refractivity contribution is 6.30. The van der Waals surface area contributed by atoms with Gasteiger partial charge in [-0.3, -0.25) is 19.8 Å². The minimum Gasteiger partial charge on any atom is -0.291 e. The van der Waals surface area contributed by atoms with Gasteiger partial charge in [-0.05, 0) is 5.92 Å². The first kappa shape index (κ1) is 13.0. The molecule has 1 unspecified atom stereocenters. The highest BCUT2D eigenvalue weighted by Crippen LogP contribution is 2.32. The van der Waals surface area contributed by atoms with Gasteiger partial charge >= 0.3 is 5.69 Å². The zero-order valence-electron chi connectivity index (χ0n) is 9.18. The van der Waals surface area contributed by atoms with Crippen LogP contribution in [0.2, 0.25) is 5.02 Å². The number of hydrogen-bond donors (Lipinski definition) is 0. The average Bonchev–Trinajstić information content (AvgIpc) is 2.70. The van der Waals surface area contributed by atoms with E-state index >= 15 is 0 Å². The van der Waals surface area contributed by atoms with Crippen LogP contribution in [0.5, 0.6) is 0 Å². The van der Waals surface area contributed by atoms with Gasteiger partial charge in [0.1, 0.15) is 0 Å². The topological polar surface area (TPSA) is 76.3 Å². The van der Waals surface area contributed by atoms with Crippen molar-refractivity contribution in [2.45, 2.75) is 6.42 Å². The second-order valence-electron chi connectivity index (χ2n) is 3.98. The predicted molar refractivity (Wildman–Crippen MR) is 67.1 cm³/mol.